The first-order valence-electron chi connectivity index (χ1n) is 5.09. The lowest BCUT2D eigenvalue weighted by atomic mass is 10.1. The van der Waals surface area contributed by atoms with Crippen LogP contribution in [-0.4, -0.2) is 9.55 Å². The van der Waals surface area contributed by atoms with Crippen LogP contribution in [0, 0.1) is 11.3 Å². The van der Waals surface area contributed by atoms with E-state index in [1.165, 1.54) is 10.8 Å². The van der Waals surface area contributed by atoms with E-state index in [0.29, 0.717) is 5.56 Å². The number of hydrogen-bond acceptors (Lipinski definition) is 3. The summed E-state index contributed by atoms with van der Waals surface area (Å²) >= 11 is 3.06. The van der Waals surface area contributed by atoms with Crippen molar-refractivity contribution in [1.82, 2.24) is 9.55 Å². The molecule has 1 aromatic heterocycles. The number of nitrogens with zero attached hydrogens (tertiary/aromatic N) is 2. The van der Waals surface area contributed by atoms with Crippen molar-refractivity contribution in [2.45, 2.75) is 6.54 Å². The van der Waals surface area contributed by atoms with Gasteiger partial charge in [-0.2, -0.15) is 5.26 Å². The summed E-state index contributed by atoms with van der Waals surface area (Å²) in [6.07, 6.45) is 1.41. The van der Waals surface area contributed by atoms with E-state index in [1.54, 1.807) is 24.3 Å². The Kier molecular flexibility index (Phi) is 3.44. The highest BCUT2D eigenvalue weighted by atomic mass is 79.9. The number of halogens is 1. The van der Waals surface area contributed by atoms with Gasteiger partial charge in [0.2, 0.25) is 0 Å². The number of aromatic amines is 1. The lowest BCUT2D eigenvalue weighted by Crippen LogP contribution is -2.30. The average Bonchev–Trinajstić information content (AvgIpc) is 2.36. The Balaban J connectivity index is 2.47. The molecule has 0 aliphatic heterocycles. The molecule has 0 aliphatic carbocycles. The van der Waals surface area contributed by atoms with Crippen LogP contribution < -0.4 is 11.2 Å². The van der Waals surface area contributed by atoms with E-state index in [4.69, 9.17) is 5.26 Å². The van der Waals surface area contributed by atoms with E-state index < -0.39 is 11.2 Å². The van der Waals surface area contributed by atoms with Crippen molar-refractivity contribution in [3.63, 3.8) is 0 Å². The minimum absolute atomic E-state index is 0.234. The lowest BCUT2D eigenvalue weighted by molar-refractivity contribution is 0.714. The summed E-state index contributed by atoms with van der Waals surface area (Å²) < 4.78 is 1.61. The smallest absolute Gasteiger partial charge is 0.295 e. The zero-order chi connectivity index (χ0) is 13.1. The van der Waals surface area contributed by atoms with Gasteiger partial charge in [0.15, 0.2) is 0 Å². The number of rotatable bonds is 2. The molecule has 18 heavy (non-hydrogen) atoms. The highest BCUT2D eigenvalue weighted by molar-refractivity contribution is 9.10. The van der Waals surface area contributed by atoms with Crippen molar-refractivity contribution in [1.29, 1.82) is 5.26 Å². The molecule has 0 aliphatic rings. The summed E-state index contributed by atoms with van der Waals surface area (Å²) in [7, 11) is 0. The largest absolute Gasteiger partial charge is 0.328 e. The molecule has 0 fully saturated rings. The fourth-order valence-electron chi connectivity index (χ4n) is 1.55. The molecule has 0 unspecified atom stereocenters. The molecule has 6 heteroatoms. The summed E-state index contributed by atoms with van der Waals surface area (Å²) in [6, 6.07) is 9.06. The molecule has 0 bridgehead atoms. The summed E-state index contributed by atoms with van der Waals surface area (Å²) in [5.74, 6) is 0. The highest BCUT2D eigenvalue weighted by Crippen LogP contribution is 2.09. The fourth-order valence-corrected chi connectivity index (χ4v) is 1.90. The molecule has 5 nitrogen and oxygen atoms in total. The topological polar surface area (TPSA) is 78.7 Å². The Labute approximate surface area is 110 Å². The predicted octanol–water partition coefficient (Wildman–Crippen LogP) is 1.22. The van der Waals surface area contributed by atoms with E-state index in [1.807, 2.05) is 0 Å². The highest BCUT2D eigenvalue weighted by Gasteiger charge is 2.05. The number of benzene rings is 1. The number of aromatic nitrogens is 2. The molecular weight excluding hydrogens is 298 g/mol. The Hall–Kier alpha value is -2.13. The van der Waals surface area contributed by atoms with Crippen molar-refractivity contribution >= 4 is 15.9 Å². The van der Waals surface area contributed by atoms with E-state index in [9.17, 15) is 9.59 Å². The molecular formula is C12H8BrN3O2. The molecule has 0 radical (unpaired) electrons. The van der Waals surface area contributed by atoms with Crippen molar-refractivity contribution in [3.8, 4) is 6.07 Å². The van der Waals surface area contributed by atoms with Gasteiger partial charge in [-0.3, -0.25) is 14.3 Å². The summed E-state index contributed by atoms with van der Waals surface area (Å²) in [5, 5.41) is 8.96. The second kappa shape index (κ2) is 5.02. The van der Waals surface area contributed by atoms with Crippen LogP contribution in [0.15, 0.2) is 44.5 Å². The second-order valence-electron chi connectivity index (χ2n) is 3.63. The van der Waals surface area contributed by atoms with Crippen molar-refractivity contribution in [2.24, 2.45) is 0 Å². The molecule has 0 spiro atoms. The molecule has 1 aromatic carbocycles. The Morgan fingerprint density at radius 3 is 2.78 bits per heavy atom. The Morgan fingerprint density at radius 1 is 1.33 bits per heavy atom. The normalized spacial score (nSPS) is 10.0. The lowest BCUT2D eigenvalue weighted by Gasteiger charge is -2.06. The molecule has 2 aromatic rings. The zero-order valence-electron chi connectivity index (χ0n) is 9.18. The monoisotopic (exact) mass is 305 g/mol. The third-order valence-electron chi connectivity index (χ3n) is 2.45. The first-order valence-corrected chi connectivity index (χ1v) is 5.88. The quantitative estimate of drug-likeness (QED) is 0.906. The minimum atomic E-state index is -0.504. The third-order valence-corrected chi connectivity index (χ3v) is 3.01. The van der Waals surface area contributed by atoms with Crippen LogP contribution in [0.5, 0.6) is 0 Å². The van der Waals surface area contributed by atoms with Gasteiger partial charge in [-0.25, -0.2) is 4.79 Å². The van der Waals surface area contributed by atoms with Gasteiger partial charge in [-0.1, -0.05) is 18.2 Å². The summed E-state index contributed by atoms with van der Waals surface area (Å²) in [4.78, 5) is 25.0. The molecule has 0 saturated heterocycles. The van der Waals surface area contributed by atoms with Crippen LogP contribution in [-0.2, 0) is 6.54 Å². The van der Waals surface area contributed by atoms with Crippen LogP contribution >= 0.6 is 15.9 Å². The van der Waals surface area contributed by atoms with Crippen molar-refractivity contribution < 1.29 is 0 Å². The van der Waals surface area contributed by atoms with Gasteiger partial charge in [0, 0.05) is 6.20 Å². The van der Waals surface area contributed by atoms with Crippen molar-refractivity contribution in [2.75, 3.05) is 0 Å². The maximum atomic E-state index is 11.6. The Morgan fingerprint density at radius 2 is 2.06 bits per heavy atom. The molecule has 90 valence electrons. The number of hydrogen-bond donors (Lipinski definition) is 1. The number of H-pyrrole nitrogens is 1. The second-order valence-corrected chi connectivity index (χ2v) is 4.49. The third kappa shape index (κ3) is 2.41. The first-order chi connectivity index (χ1) is 8.61. The van der Waals surface area contributed by atoms with E-state index in [-0.39, 0.29) is 11.0 Å². The SMILES string of the molecule is N#Cc1ccccc1Cn1cc(Br)c(=O)[nH]c1=O. The van der Waals surface area contributed by atoms with Gasteiger partial charge in [0.25, 0.3) is 5.56 Å². The summed E-state index contributed by atoms with van der Waals surface area (Å²) in [5.41, 5.74) is 0.258. The van der Waals surface area contributed by atoms with Crippen molar-refractivity contribution in [3.05, 3.63) is 66.9 Å². The fraction of sp³-hybridized carbons (Fsp3) is 0.0833. The summed E-state index contributed by atoms with van der Waals surface area (Å²) in [6.45, 7) is 0.234. The number of nitriles is 1. The standard InChI is InChI=1S/C12H8BrN3O2/c13-10-7-16(12(18)15-11(10)17)6-9-4-2-1-3-8(9)5-14/h1-4,7H,6H2,(H,15,17,18). The van der Waals surface area contributed by atoms with Crippen LogP contribution in [0.3, 0.4) is 0 Å². The van der Waals surface area contributed by atoms with Crippen LogP contribution in [0.2, 0.25) is 0 Å². The van der Waals surface area contributed by atoms with E-state index in [0.717, 1.165) is 5.56 Å². The van der Waals surface area contributed by atoms with Gasteiger partial charge in [-0.15, -0.1) is 0 Å². The maximum Gasteiger partial charge on any atom is 0.328 e. The van der Waals surface area contributed by atoms with E-state index >= 15 is 0 Å². The molecule has 1 heterocycles. The zero-order valence-corrected chi connectivity index (χ0v) is 10.8. The van der Waals surface area contributed by atoms with Gasteiger partial charge in [0.1, 0.15) is 0 Å². The maximum absolute atomic E-state index is 11.6. The minimum Gasteiger partial charge on any atom is -0.295 e. The predicted molar refractivity (Wildman–Crippen MR) is 69.3 cm³/mol. The molecule has 0 atom stereocenters. The molecule has 0 saturated carbocycles. The van der Waals surface area contributed by atoms with Gasteiger partial charge in [-0.05, 0) is 27.6 Å². The Bertz CT molecular complexity index is 740. The van der Waals surface area contributed by atoms with Crippen LogP contribution in [0.4, 0.5) is 0 Å². The van der Waals surface area contributed by atoms with Crippen LogP contribution in [0.1, 0.15) is 11.1 Å². The first kappa shape index (κ1) is 12.3. The molecule has 2 rings (SSSR count). The van der Waals surface area contributed by atoms with Crippen LogP contribution in [0.25, 0.3) is 0 Å². The van der Waals surface area contributed by atoms with Gasteiger partial charge in [0.05, 0.1) is 22.7 Å². The average molecular weight is 306 g/mol. The number of nitrogens with one attached hydrogen (secondary N) is 1. The van der Waals surface area contributed by atoms with Gasteiger partial charge >= 0.3 is 5.69 Å². The van der Waals surface area contributed by atoms with Gasteiger partial charge < -0.3 is 0 Å². The molecule has 1 N–H and O–H groups in total. The molecule has 0 amide bonds. The van der Waals surface area contributed by atoms with E-state index in [2.05, 4.69) is 27.0 Å².